The van der Waals surface area contributed by atoms with Crippen molar-refractivity contribution in [3.63, 3.8) is 0 Å². The van der Waals surface area contributed by atoms with Crippen LogP contribution in [0.15, 0.2) is 54.9 Å². The fourth-order valence-electron chi connectivity index (χ4n) is 3.31. The first kappa shape index (κ1) is 19.8. The van der Waals surface area contributed by atoms with Gasteiger partial charge in [-0.3, -0.25) is 14.5 Å². The summed E-state index contributed by atoms with van der Waals surface area (Å²) in [6.45, 7) is -0.918. The predicted molar refractivity (Wildman–Crippen MR) is 105 cm³/mol. The van der Waals surface area contributed by atoms with Gasteiger partial charge in [-0.05, 0) is 42.8 Å². The van der Waals surface area contributed by atoms with Crippen LogP contribution >= 0.6 is 12.2 Å². The van der Waals surface area contributed by atoms with Gasteiger partial charge in [-0.25, -0.2) is 4.68 Å². The molecule has 0 unspecified atom stereocenters. The van der Waals surface area contributed by atoms with Gasteiger partial charge in [0.2, 0.25) is 0 Å². The summed E-state index contributed by atoms with van der Waals surface area (Å²) in [4.78, 5) is 5.33. The zero-order valence-corrected chi connectivity index (χ0v) is 16.4. The maximum atomic E-state index is 13.2. The summed E-state index contributed by atoms with van der Waals surface area (Å²) in [5.74, 6) is 0.673. The van der Waals surface area contributed by atoms with E-state index in [1.54, 1.807) is 12.4 Å². The highest BCUT2D eigenvalue weighted by Crippen LogP contribution is 2.38. The summed E-state index contributed by atoms with van der Waals surface area (Å²) in [7, 11) is 0. The lowest BCUT2D eigenvalue weighted by atomic mass is 10.2. The number of benzene rings is 1. The van der Waals surface area contributed by atoms with Crippen molar-refractivity contribution >= 4 is 12.2 Å². The van der Waals surface area contributed by atoms with Crippen molar-refractivity contribution in [1.29, 1.82) is 0 Å². The van der Waals surface area contributed by atoms with Crippen LogP contribution in [0, 0.1) is 4.77 Å². The molecule has 0 spiro atoms. The molecule has 0 aliphatic heterocycles. The summed E-state index contributed by atoms with van der Waals surface area (Å²) >= 11 is 5.59. The quantitative estimate of drug-likeness (QED) is 0.514. The summed E-state index contributed by atoms with van der Waals surface area (Å²) in [5.41, 5.74) is 1.65. The van der Waals surface area contributed by atoms with Crippen LogP contribution in [0.5, 0.6) is 0 Å². The molecule has 4 rings (SSSR count). The van der Waals surface area contributed by atoms with Gasteiger partial charge in [0.25, 0.3) is 0 Å². The van der Waals surface area contributed by atoms with Crippen LogP contribution in [0.25, 0.3) is 11.4 Å². The van der Waals surface area contributed by atoms with E-state index in [2.05, 4.69) is 10.1 Å². The van der Waals surface area contributed by atoms with E-state index in [9.17, 15) is 13.2 Å². The Labute approximate surface area is 171 Å². The number of alkyl halides is 3. The van der Waals surface area contributed by atoms with Crippen molar-refractivity contribution in [2.45, 2.75) is 38.3 Å². The average Bonchev–Trinajstić information content (AvgIpc) is 3.47. The Hall–Kier alpha value is -2.52. The number of nitrogens with zero attached hydrogens (tertiary/aromatic N) is 5. The van der Waals surface area contributed by atoms with Crippen molar-refractivity contribution in [3.05, 3.63) is 65.2 Å². The third-order valence-electron chi connectivity index (χ3n) is 4.71. The molecule has 0 N–H and O–H groups in total. The maximum Gasteiger partial charge on any atom is 0.401 e. The SMILES string of the molecule is FC(F)(F)CN(Cc1ccccc1)Cn1nc(-c2ccncc2)n(C2CC2)c1=S. The van der Waals surface area contributed by atoms with Crippen LogP contribution in [0.2, 0.25) is 0 Å². The molecule has 1 saturated carbocycles. The van der Waals surface area contributed by atoms with Gasteiger partial charge in [-0.1, -0.05) is 30.3 Å². The van der Waals surface area contributed by atoms with E-state index in [0.717, 1.165) is 24.0 Å². The minimum atomic E-state index is -4.32. The first-order chi connectivity index (χ1) is 13.9. The molecular formula is C20H20F3N5S. The van der Waals surface area contributed by atoms with Crippen LogP contribution in [0.4, 0.5) is 13.2 Å². The third-order valence-corrected chi connectivity index (χ3v) is 5.11. The van der Waals surface area contributed by atoms with Crippen LogP contribution in [0.3, 0.4) is 0 Å². The number of hydrogen-bond acceptors (Lipinski definition) is 4. The van der Waals surface area contributed by atoms with Gasteiger partial charge < -0.3 is 0 Å². The van der Waals surface area contributed by atoms with Crippen LogP contribution in [-0.4, -0.2) is 37.0 Å². The third kappa shape index (κ3) is 4.91. The van der Waals surface area contributed by atoms with Crippen molar-refractivity contribution in [2.24, 2.45) is 0 Å². The molecule has 0 bridgehead atoms. The lowest BCUT2D eigenvalue weighted by molar-refractivity contribution is -0.151. The molecule has 0 atom stereocenters. The molecule has 1 aromatic carbocycles. The standard InChI is InChI=1S/C20H20F3N5S/c21-20(22,23)13-26(12-15-4-2-1-3-5-15)14-27-19(29)28(17-6-7-17)18(25-27)16-8-10-24-11-9-16/h1-5,8-11,17H,6-7,12-14H2. The Morgan fingerprint density at radius 2 is 1.76 bits per heavy atom. The molecule has 3 aromatic rings. The molecule has 0 radical (unpaired) electrons. The zero-order chi connectivity index (χ0) is 20.4. The predicted octanol–water partition coefficient (Wildman–Crippen LogP) is 4.83. The second-order valence-corrected chi connectivity index (χ2v) is 7.54. The molecule has 0 saturated heterocycles. The Kier molecular flexibility index (Phi) is 5.51. The monoisotopic (exact) mass is 419 g/mol. The Morgan fingerprint density at radius 1 is 1.07 bits per heavy atom. The number of aromatic nitrogens is 4. The molecule has 152 valence electrons. The van der Waals surface area contributed by atoms with E-state index in [0.29, 0.717) is 10.6 Å². The molecule has 2 heterocycles. The molecule has 1 aliphatic rings. The van der Waals surface area contributed by atoms with E-state index in [1.807, 2.05) is 47.0 Å². The number of pyridine rings is 1. The molecule has 0 amide bonds. The van der Waals surface area contributed by atoms with Crippen molar-refractivity contribution in [1.82, 2.24) is 24.2 Å². The van der Waals surface area contributed by atoms with E-state index in [1.165, 1.54) is 9.58 Å². The molecule has 5 nitrogen and oxygen atoms in total. The normalized spacial score (nSPS) is 14.5. The summed E-state index contributed by atoms with van der Waals surface area (Å²) < 4.78 is 43.5. The molecule has 1 fully saturated rings. The minimum absolute atomic E-state index is 0.0367. The highest BCUT2D eigenvalue weighted by molar-refractivity contribution is 7.71. The number of halogens is 3. The Balaban J connectivity index is 1.66. The summed E-state index contributed by atoms with van der Waals surface area (Å²) in [6, 6.07) is 13.0. The lowest BCUT2D eigenvalue weighted by Crippen LogP contribution is -2.35. The largest absolute Gasteiger partial charge is 0.401 e. The molecule has 9 heteroatoms. The molecule has 29 heavy (non-hydrogen) atoms. The van der Waals surface area contributed by atoms with Gasteiger partial charge in [-0.15, -0.1) is 0 Å². The van der Waals surface area contributed by atoms with Gasteiger partial charge in [0.15, 0.2) is 10.6 Å². The van der Waals surface area contributed by atoms with E-state index >= 15 is 0 Å². The highest BCUT2D eigenvalue weighted by Gasteiger charge is 2.32. The van der Waals surface area contributed by atoms with Crippen LogP contribution in [0.1, 0.15) is 24.4 Å². The van der Waals surface area contributed by atoms with Gasteiger partial charge >= 0.3 is 6.18 Å². The van der Waals surface area contributed by atoms with Gasteiger partial charge in [0.05, 0.1) is 13.2 Å². The Bertz CT molecular complexity index is 1010. The fourth-order valence-corrected chi connectivity index (χ4v) is 3.65. The van der Waals surface area contributed by atoms with Crippen LogP contribution < -0.4 is 0 Å². The lowest BCUT2D eigenvalue weighted by Gasteiger charge is -2.23. The van der Waals surface area contributed by atoms with Crippen LogP contribution in [-0.2, 0) is 13.2 Å². The van der Waals surface area contributed by atoms with Crippen molar-refractivity contribution < 1.29 is 13.2 Å². The second kappa shape index (κ2) is 8.08. The van der Waals surface area contributed by atoms with E-state index < -0.39 is 12.7 Å². The smallest absolute Gasteiger partial charge is 0.297 e. The first-order valence-corrected chi connectivity index (χ1v) is 9.74. The second-order valence-electron chi connectivity index (χ2n) is 7.17. The minimum Gasteiger partial charge on any atom is -0.297 e. The van der Waals surface area contributed by atoms with E-state index in [-0.39, 0.29) is 19.3 Å². The Morgan fingerprint density at radius 3 is 2.38 bits per heavy atom. The number of rotatable bonds is 7. The molecule has 2 aromatic heterocycles. The summed E-state index contributed by atoms with van der Waals surface area (Å²) in [5, 5.41) is 4.59. The first-order valence-electron chi connectivity index (χ1n) is 9.33. The topological polar surface area (TPSA) is 38.9 Å². The summed E-state index contributed by atoms with van der Waals surface area (Å²) in [6.07, 6.45) is 1.01. The molecule has 1 aliphatic carbocycles. The zero-order valence-electron chi connectivity index (χ0n) is 15.6. The van der Waals surface area contributed by atoms with Gasteiger partial charge in [0, 0.05) is 30.5 Å². The van der Waals surface area contributed by atoms with Gasteiger partial charge in [-0.2, -0.15) is 18.3 Å². The van der Waals surface area contributed by atoms with Gasteiger partial charge in [0.1, 0.15) is 0 Å². The fraction of sp³-hybridized carbons (Fsp3) is 0.350. The highest BCUT2D eigenvalue weighted by atomic mass is 32.1. The van der Waals surface area contributed by atoms with Crippen molar-refractivity contribution in [2.75, 3.05) is 6.54 Å². The van der Waals surface area contributed by atoms with Crippen molar-refractivity contribution in [3.8, 4) is 11.4 Å². The molecular weight excluding hydrogens is 399 g/mol. The number of hydrogen-bond donors (Lipinski definition) is 0. The maximum absolute atomic E-state index is 13.2. The van der Waals surface area contributed by atoms with E-state index in [4.69, 9.17) is 12.2 Å². The average molecular weight is 419 g/mol.